The number of carbonyl (C=O) groups is 3. The molecule has 1 aliphatic rings. The number of unbranched alkanes of at least 4 members (excludes halogenated alkanes) is 7. The van der Waals surface area contributed by atoms with Gasteiger partial charge in [0.2, 0.25) is 11.8 Å². The van der Waals surface area contributed by atoms with E-state index in [1.807, 2.05) is 0 Å². The minimum atomic E-state index is -5.57. The number of fused-ring (bicyclic) bond motifs is 1. The number of thioether (sulfide) groups is 1. The molecule has 3 rings (SSSR count). The predicted octanol–water partition coefficient (Wildman–Crippen LogP) is 3.61. The van der Waals surface area contributed by atoms with Crippen molar-refractivity contribution in [3.8, 4) is 0 Å². The number of nitrogens with zero attached hydrogens (tertiary/aromatic N) is 4. The number of aromatic nitrogens is 4. The molecule has 3 unspecified atom stereocenters. The van der Waals surface area contributed by atoms with E-state index in [1.165, 1.54) is 58.8 Å². The highest BCUT2D eigenvalue weighted by atomic mass is 32.2. The lowest BCUT2D eigenvalue weighted by Gasteiger charge is -2.30. The standard InChI is InChI=1S/C36H64N7O17P3S/c1-5-24(2)14-12-10-8-6-7-9-11-13-15-27(45)64-19-18-38-26(44)16-17-39-34(48)31(47)36(3,4)21-57-63(54,55)60-62(52,53)56-20-25-30(59-61(49,50)51)29(46)35(58-25)43-23-42-28-32(37)40-22-41-33(28)43/h22-25,29-31,35,46-47H,5-21H2,1-4H3,(H,38,44)(H,39,48)(H,52,53)(H,54,55)(H2,37,40,41)(H2,49,50,51)/t24?,25-,29-,30-,31+,35-/m1/s1. The van der Waals surface area contributed by atoms with Crippen LogP contribution in [0.4, 0.5) is 5.82 Å². The number of ether oxygens (including phenoxy) is 1. The molecule has 3 heterocycles. The monoisotopic (exact) mass is 991 g/mol. The Labute approximate surface area is 376 Å². The van der Waals surface area contributed by atoms with E-state index in [1.54, 1.807) is 0 Å². The molecule has 0 aliphatic carbocycles. The Morgan fingerprint density at radius 3 is 2.23 bits per heavy atom. The highest BCUT2D eigenvalue weighted by molar-refractivity contribution is 8.13. The van der Waals surface area contributed by atoms with Gasteiger partial charge in [0.05, 0.1) is 19.5 Å². The van der Waals surface area contributed by atoms with Crippen LogP contribution in [0.1, 0.15) is 111 Å². The summed E-state index contributed by atoms with van der Waals surface area (Å²) in [5.74, 6) is -0.218. The van der Waals surface area contributed by atoms with Crippen molar-refractivity contribution in [1.29, 1.82) is 0 Å². The molecular weight excluding hydrogens is 927 g/mol. The molecule has 2 aromatic heterocycles. The van der Waals surface area contributed by atoms with E-state index in [2.05, 4.69) is 48.3 Å². The Morgan fingerprint density at radius 1 is 0.938 bits per heavy atom. The summed E-state index contributed by atoms with van der Waals surface area (Å²) in [6.45, 7) is 5.10. The maximum absolute atomic E-state index is 12.7. The molecular formula is C36H64N7O17P3S. The molecule has 0 radical (unpaired) electrons. The molecule has 0 saturated carbocycles. The fourth-order valence-corrected chi connectivity index (χ4v) is 9.94. The maximum Gasteiger partial charge on any atom is 0.481 e. The average molecular weight is 992 g/mol. The Hall–Kier alpha value is -2.44. The lowest BCUT2D eigenvalue weighted by molar-refractivity contribution is -0.137. The van der Waals surface area contributed by atoms with E-state index < -0.39 is 84.6 Å². The van der Waals surface area contributed by atoms with Gasteiger partial charge in [0.15, 0.2) is 22.8 Å². The van der Waals surface area contributed by atoms with Gasteiger partial charge in [-0.25, -0.2) is 28.6 Å². The van der Waals surface area contributed by atoms with Crippen LogP contribution in [0.5, 0.6) is 0 Å². The Balaban J connectivity index is 1.34. The number of aliphatic hydroxyl groups is 2. The number of nitrogens with one attached hydrogen (secondary N) is 2. The van der Waals surface area contributed by atoms with Gasteiger partial charge in [-0.2, -0.15) is 4.31 Å². The molecule has 0 aromatic carbocycles. The number of nitrogen functional groups attached to an aromatic ring is 1. The summed E-state index contributed by atoms with van der Waals surface area (Å²) in [4.78, 5) is 88.2. The maximum atomic E-state index is 12.7. The molecule has 2 aromatic rings. The first-order valence-electron chi connectivity index (χ1n) is 21.0. The fraction of sp³-hybridized carbons (Fsp3) is 0.778. The third-order valence-electron chi connectivity index (χ3n) is 10.3. The van der Waals surface area contributed by atoms with Crippen molar-refractivity contribution in [2.24, 2.45) is 11.3 Å². The summed E-state index contributed by atoms with van der Waals surface area (Å²) in [5, 5.41) is 26.6. The lowest BCUT2D eigenvalue weighted by Crippen LogP contribution is -2.46. The van der Waals surface area contributed by atoms with Gasteiger partial charge in [-0.3, -0.25) is 32.5 Å². The first kappa shape index (κ1) is 55.9. The van der Waals surface area contributed by atoms with E-state index in [9.17, 15) is 57.9 Å². The summed E-state index contributed by atoms with van der Waals surface area (Å²) in [6, 6.07) is 0. The Bertz CT molecular complexity index is 1960. The number of hydrogen-bond donors (Lipinski definition) is 9. The number of hydrogen-bond acceptors (Lipinski definition) is 18. The zero-order valence-corrected chi connectivity index (χ0v) is 39.9. The van der Waals surface area contributed by atoms with Crippen molar-refractivity contribution < 1.29 is 80.5 Å². The van der Waals surface area contributed by atoms with Crippen LogP contribution in [0, 0.1) is 11.3 Å². The van der Waals surface area contributed by atoms with Crippen molar-refractivity contribution >= 4 is 69.1 Å². The Morgan fingerprint density at radius 2 is 1.58 bits per heavy atom. The van der Waals surface area contributed by atoms with Crippen molar-refractivity contribution in [2.45, 2.75) is 135 Å². The minimum absolute atomic E-state index is 0.0334. The predicted molar refractivity (Wildman–Crippen MR) is 233 cm³/mol. The van der Waals surface area contributed by atoms with Crippen LogP contribution in [-0.4, -0.2) is 123 Å². The third kappa shape index (κ3) is 19.4. The number of amides is 2. The molecule has 2 amide bonds. The van der Waals surface area contributed by atoms with Crippen molar-refractivity contribution in [1.82, 2.24) is 30.2 Å². The summed E-state index contributed by atoms with van der Waals surface area (Å²) >= 11 is 1.15. The molecule has 366 valence electrons. The number of anilines is 1. The van der Waals surface area contributed by atoms with Gasteiger partial charge in [0, 0.05) is 37.1 Å². The minimum Gasteiger partial charge on any atom is -0.386 e. The molecule has 1 aliphatic heterocycles. The number of aliphatic hydroxyl groups excluding tert-OH is 2. The molecule has 24 nitrogen and oxygen atoms in total. The number of rotatable bonds is 31. The van der Waals surface area contributed by atoms with Crippen LogP contribution in [0.15, 0.2) is 12.7 Å². The van der Waals surface area contributed by atoms with Gasteiger partial charge >= 0.3 is 23.5 Å². The van der Waals surface area contributed by atoms with E-state index in [0.717, 1.165) is 54.2 Å². The number of nitrogens with two attached hydrogens (primary N) is 1. The number of phosphoric ester groups is 3. The van der Waals surface area contributed by atoms with Crippen molar-refractivity contribution in [3.05, 3.63) is 12.7 Å². The molecule has 1 saturated heterocycles. The number of carbonyl (C=O) groups excluding carboxylic acids is 3. The molecule has 10 N–H and O–H groups in total. The van der Waals surface area contributed by atoms with Crippen LogP contribution in [-0.2, 0) is 50.7 Å². The molecule has 28 heteroatoms. The van der Waals surface area contributed by atoms with Gasteiger partial charge in [-0.05, 0) is 12.3 Å². The van der Waals surface area contributed by atoms with Gasteiger partial charge in [0.1, 0.15) is 36.3 Å². The first-order valence-corrected chi connectivity index (χ1v) is 26.5. The second-order valence-corrected chi connectivity index (χ2v) is 21.6. The summed E-state index contributed by atoms with van der Waals surface area (Å²) in [7, 11) is -16.4. The van der Waals surface area contributed by atoms with E-state index in [-0.39, 0.29) is 41.6 Å². The lowest BCUT2D eigenvalue weighted by atomic mass is 9.87. The zero-order valence-electron chi connectivity index (χ0n) is 36.4. The second kappa shape index (κ2) is 26.2. The topological polar surface area (TPSA) is 364 Å². The van der Waals surface area contributed by atoms with Crippen LogP contribution < -0.4 is 16.4 Å². The average Bonchev–Trinajstić information content (AvgIpc) is 3.78. The van der Waals surface area contributed by atoms with Gasteiger partial charge in [-0.1, -0.05) is 97.2 Å². The highest BCUT2D eigenvalue weighted by Crippen LogP contribution is 2.61. The normalized spacial score (nSPS) is 21.0. The second-order valence-electron chi connectivity index (χ2n) is 16.2. The van der Waals surface area contributed by atoms with E-state index in [4.69, 9.17) is 19.5 Å². The summed E-state index contributed by atoms with van der Waals surface area (Å²) < 4.78 is 62.4. The fourth-order valence-electron chi connectivity index (χ4n) is 6.39. The first-order chi connectivity index (χ1) is 29.9. The zero-order chi connectivity index (χ0) is 47.7. The van der Waals surface area contributed by atoms with Gasteiger partial charge in [-0.15, -0.1) is 0 Å². The molecule has 0 bridgehead atoms. The van der Waals surface area contributed by atoms with Crippen LogP contribution >= 0.6 is 35.2 Å². The van der Waals surface area contributed by atoms with Crippen LogP contribution in [0.3, 0.4) is 0 Å². The van der Waals surface area contributed by atoms with E-state index in [0.29, 0.717) is 12.2 Å². The molecule has 64 heavy (non-hydrogen) atoms. The number of imidazole rings is 1. The quantitative estimate of drug-likeness (QED) is 0.0385. The molecule has 0 spiro atoms. The van der Waals surface area contributed by atoms with Crippen molar-refractivity contribution in [3.63, 3.8) is 0 Å². The molecule has 8 atom stereocenters. The van der Waals surface area contributed by atoms with Gasteiger partial charge in [0.25, 0.3) is 0 Å². The molecule has 1 fully saturated rings. The number of phosphoric acid groups is 3. The van der Waals surface area contributed by atoms with Crippen molar-refractivity contribution in [2.75, 3.05) is 37.8 Å². The third-order valence-corrected chi connectivity index (χ3v) is 14.3. The van der Waals surface area contributed by atoms with E-state index >= 15 is 0 Å². The summed E-state index contributed by atoms with van der Waals surface area (Å²) in [6.07, 6.45) is 5.36. The SMILES string of the molecule is CCC(C)CCCCCCCCCCC(=O)SCCNC(=O)CCNC(=O)[C@H](O)C(C)(C)COP(=O)(O)OP(=O)(O)OC[C@H]1O[C@@H](n2cnc3c(N)ncnc32)[C@H](O)[C@@H]1OP(=O)(O)O. The highest BCUT2D eigenvalue weighted by Gasteiger charge is 2.50. The Kier molecular flexibility index (Phi) is 22.9. The van der Waals surface area contributed by atoms with Gasteiger partial charge < -0.3 is 50.9 Å². The summed E-state index contributed by atoms with van der Waals surface area (Å²) in [5.41, 5.74) is 4.29. The largest absolute Gasteiger partial charge is 0.481 e. The smallest absolute Gasteiger partial charge is 0.386 e. The van der Waals surface area contributed by atoms with Crippen LogP contribution in [0.25, 0.3) is 11.2 Å². The van der Waals surface area contributed by atoms with Crippen LogP contribution in [0.2, 0.25) is 0 Å².